The van der Waals surface area contributed by atoms with E-state index in [2.05, 4.69) is 141 Å². The highest BCUT2D eigenvalue weighted by atomic mass is 16.4. The highest BCUT2D eigenvalue weighted by Crippen LogP contribution is 2.48. The van der Waals surface area contributed by atoms with Gasteiger partial charge >= 0.3 is 0 Å². The first-order chi connectivity index (χ1) is 25.3. The number of likely N-dealkylation sites (N-methyl/N-ethyl adjacent to an activating group) is 1. The topological polar surface area (TPSA) is 105 Å². The maximum Gasteiger partial charge on any atom is 0.236 e. The number of anilines is 1. The average molecular weight is 719 g/mol. The van der Waals surface area contributed by atoms with Gasteiger partial charge in [-0.3, -0.25) is 9.59 Å². The molecule has 0 aromatic heterocycles. The van der Waals surface area contributed by atoms with E-state index in [4.69, 9.17) is 0 Å². The van der Waals surface area contributed by atoms with Gasteiger partial charge in [-0.2, -0.15) is 4.58 Å². The summed E-state index contributed by atoms with van der Waals surface area (Å²) in [6, 6.07) is 17.1. The highest BCUT2D eigenvalue weighted by molar-refractivity contribution is 6.06. The number of nitrogens with one attached hydrogen (secondary N) is 2. The van der Waals surface area contributed by atoms with Crippen molar-refractivity contribution in [3.8, 4) is 0 Å². The smallest absolute Gasteiger partial charge is 0.236 e. The number of carbonyl (C=O) groups excluding carboxylic acids is 3. The van der Waals surface area contributed by atoms with Crippen LogP contribution in [0.2, 0.25) is 0 Å². The number of hydrogen-bond donors (Lipinski definition) is 2. The molecule has 3 aliphatic rings. The minimum Gasteiger partial charge on any atom is -0.550 e. The van der Waals surface area contributed by atoms with Gasteiger partial charge in [-0.15, -0.1) is 0 Å². The van der Waals surface area contributed by atoms with E-state index in [9.17, 15) is 19.5 Å². The van der Waals surface area contributed by atoms with Crippen LogP contribution in [0.25, 0.3) is 0 Å². The van der Waals surface area contributed by atoms with Crippen molar-refractivity contribution < 1.29 is 24.1 Å². The van der Waals surface area contributed by atoms with Gasteiger partial charge in [0.25, 0.3) is 0 Å². The first-order valence-corrected chi connectivity index (χ1v) is 19.5. The van der Waals surface area contributed by atoms with E-state index < -0.39 is 11.4 Å². The van der Waals surface area contributed by atoms with Crippen LogP contribution in [0.15, 0.2) is 95.8 Å². The third-order valence-electron chi connectivity index (χ3n) is 11.3. The van der Waals surface area contributed by atoms with E-state index in [0.717, 1.165) is 30.7 Å². The molecular weight excluding hydrogens is 661 g/mol. The number of carbonyl (C=O) groups is 3. The van der Waals surface area contributed by atoms with Crippen LogP contribution in [0.1, 0.15) is 105 Å². The molecule has 1 unspecified atom stereocenters. The number of allylic oxidation sites excluding steroid dienone is 8. The Morgan fingerprint density at radius 3 is 2.17 bits per heavy atom. The number of fused-ring (bicyclic) bond motifs is 2. The molecule has 0 saturated carbocycles. The lowest BCUT2D eigenvalue weighted by atomic mass is 9.70. The summed E-state index contributed by atoms with van der Waals surface area (Å²) in [5, 5.41) is 17.0. The van der Waals surface area contributed by atoms with Crippen molar-refractivity contribution in [2.75, 3.05) is 31.1 Å². The van der Waals surface area contributed by atoms with Gasteiger partial charge in [0.05, 0.1) is 5.41 Å². The fourth-order valence-corrected chi connectivity index (χ4v) is 8.42. The molecule has 2 aromatic rings. The first-order valence-electron chi connectivity index (χ1n) is 19.5. The third kappa shape index (κ3) is 7.97. The molecule has 1 aliphatic carbocycles. The Labute approximate surface area is 316 Å². The van der Waals surface area contributed by atoms with Crippen LogP contribution in [0.3, 0.4) is 0 Å². The van der Waals surface area contributed by atoms with Gasteiger partial charge in [-0.1, -0.05) is 81.8 Å². The second-order valence-electron chi connectivity index (χ2n) is 15.6. The molecule has 53 heavy (non-hydrogen) atoms. The molecule has 0 fully saturated rings. The molecule has 0 radical (unpaired) electrons. The van der Waals surface area contributed by atoms with Crippen molar-refractivity contribution in [1.29, 1.82) is 0 Å². The molecule has 0 bridgehead atoms. The Kier molecular flexibility index (Phi) is 12.3. The average Bonchev–Trinajstić information content (AvgIpc) is 3.50. The van der Waals surface area contributed by atoms with Crippen molar-refractivity contribution >= 4 is 34.9 Å². The normalized spacial score (nSPS) is 21.6. The van der Waals surface area contributed by atoms with E-state index >= 15 is 0 Å². The number of aliphatic carboxylic acids is 1. The van der Waals surface area contributed by atoms with Crippen LogP contribution in [0.4, 0.5) is 11.4 Å². The number of carboxylic acids is 1. The number of amides is 2. The predicted molar refractivity (Wildman–Crippen MR) is 212 cm³/mol. The largest absolute Gasteiger partial charge is 0.550 e. The summed E-state index contributed by atoms with van der Waals surface area (Å²) in [5.74, 6) is -1.64. The van der Waals surface area contributed by atoms with Crippen molar-refractivity contribution in [1.82, 2.24) is 10.6 Å². The molecule has 0 saturated heterocycles. The SMILES string of the molecule is CCCNC(=O)C1(C(=O)NCCCCCC(=O)[O-])CC(/C=C/C2=[N+](CC)c3ccccc3C2(C)C)=CC(=C/C=C2/N(CC)c3ccccc3C2(C)C)/C1. The van der Waals surface area contributed by atoms with Crippen LogP contribution in [-0.2, 0) is 25.2 Å². The van der Waals surface area contributed by atoms with E-state index in [1.165, 1.54) is 33.9 Å². The van der Waals surface area contributed by atoms with Gasteiger partial charge in [0.1, 0.15) is 12.0 Å². The minimum absolute atomic E-state index is 0.00480. The van der Waals surface area contributed by atoms with Crippen molar-refractivity contribution in [2.45, 2.75) is 104 Å². The molecular formula is C45H58N4O4. The molecule has 2 aliphatic heterocycles. The molecule has 2 heterocycles. The Morgan fingerprint density at radius 1 is 0.811 bits per heavy atom. The molecule has 2 aromatic carbocycles. The number of unbranched alkanes of at least 4 members (excludes halogenated alkanes) is 2. The molecule has 282 valence electrons. The second-order valence-corrected chi connectivity index (χ2v) is 15.6. The molecule has 8 nitrogen and oxygen atoms in total. The number of para-hydroxylation sites is 2. The summed E-state index contributed by atoms with van der Waals surface area (Å²) in [7, 11) is 0. The van der Waals surface area contributed by atoms with E-state index in [1.807, 2.05) is 6.92 Å². The summed E-state index contributed by atoms with van der Waals surface area (Å²) < 4.78 is 2.35. The number of nitrogens with zero attached hydrogens (tertiary/aromatic N) is 2. The van der Waals surface area contributed by atoms with Crippen LogP contribution < -0.4 is 20.6 Å². The zero-order chi connectivity index (χ0) is 38.4. The molecule has 5 rings (SSSR count). The van der Waals surface area contributed by atoms with Crippen molar-refractivity contribution in [3.63, 3.8) is 0 Å². The lowest BCUT2D eigenvalue weighted by molar-refractivity contribution is -0.433. The summed E-state index contributed by atoms with van der Waals surface area (Å²) in [5.41, 5.74) is 7.32. The second kappa shape index (κ2) is 16.5. The van der Waals surface area contributed by atoms with Gasteiger partial charge in [0, 0.05) is 60.1 Å². The fraction of sp³-hybridized carbons (Fsp3) is 0.467. The van der Waals surface area contributed by atoms with Crippen LogP contribution in [-0.4, -0.2) is 54.2 Å². The lowest BCUT2D eigenvalue weighted by Gasteiger charge is -2.35. The molecule has 1 atom stereocenters. The first kappa shape index (κ1) is 39.5. The zero-order valence-corrected chi connectivity index (χ0v) is 32.8. The lowest BCUT2D eigenvalue weighted by Crippen LogP contribution is -2.53. The van der Waals surface area contributed by atoms with Gasteiger partial charge in [-0.05, 0) is 95.1 Å². The monoisotopic (exact) mass is 718 g/mol. The highest BCUT2D eigenvalue weighted by Gasteiger charge is 2.49. The maximum absolute atomic E-state index is 14.4. The minimum atomic E-state index is -1.36. The van der Waals surface area contributed by atoms with Crippen LogP contribution in [0, 0.1) is 5.41 Å². The number of rotatable bonds is 15. The van der Waals surface area contributed by atoms with Crippen molar-refractivity contribution in [2.24, 2.45) is 5.41 Å². The van der Waals surface area contributed by atoms with E-state index in [0.29, 0.717) is 32.4 Å². The predicted octanol–water partition coefficient (Wildman–Crippen LogP) is 6.93. The van der Waals surface area contributed by atoms with Gasteiger partial charge in [0.15, 0.2) is 5.71 Å². The molecule has 0 spiro atoms. The fourth-order valence-electron chi connectivity index (χ4n) is 8.42. The Bertz CT molecular complexity index is 1880. The quantitative estimate of drug-likeness (QED) is 0.118. The zero-order valence-electron chi connectivity index (χ0n) is 32.8. The van der Waals surface area contributed by atoms with Gasteiger partial charge < -0.3 is 25.4 Å². The summed E-state index contributed by atoms with van der Waals surface area (Å²) in [6.07, 6.45) is 13.7. The maximum atomic E-state index is 14.4. The summed E-state index contributed by atoms with van der Waals surface area (Å²) in [6.45, 7) is 17.8. The third-order valence-corrected chi connectivity index (χ3v) is 11.3. The van der Waals surface area contributed by atoms with Gasteiger partial charge in [-0.25, -0.2) is 0 Å². The van der Waals surface area contributed by atoms with Crippen molar-refractivity contribution in [3.05, 3.63) is 107 Å². The molecule has 2 amide bonds. The number of carboxylic acid groups (broad SMARTS) is 1. The van der Waals surface area contributed by atoms with E-state index in [1.54, 1.807) is 0 Å². The summed E-state index contributed by atoms with van der Waals surface area (Å²) in [4.78, 5) is 41.9. The number of benzene rings is 2. The Balaban J connectivity index is 1.57. The van der Waals surface area contributed by atoms with Gasteiger partial charge in [0.2, 0.25) is 17.5 Å². The number of hydrogen-bond acceptors (Lipinski definition) is 5. The Hall–Kier alpha value is -4.72. The molecule has 2 N–H and O–H groups in total. The van der Waals surface area contributed by atoms with E-state index in [-0.39, 0.29) is 41.9 Å². The standard InChI is InChI=1S/C45H58N4O4/c1-8-27-46-41(52)45(42(53)47-28-17-11-12-22-40(50)51)30-32(23-25-38-43(4,5)34-18-13-15-20-36(34)48(38)9-2)29-33(31-45)24-26-39-44(6,7)35-19-14-16-21-37(35)49(39)10-3/h13-16,18-21,23-26,29H,8-12,17,22,27-28,30-31H2,1-7H3,(H2-,46,47,50,51,52,53). The summed E-state index contributed by atoms with van der Waals surface area (Å²) >= 11 is 0. The Morgan fingerprint density at radius 2 is 1.49 bits per heavy atom. The molecule has 8 heteroatoms. The van der Waals surface area contributed by atoms with Crippen LogP contribution in [0.5, 0.6) is 0 Å². The van der Waals surface area contributed by atoms with Crippen LogP contribution >= 0.6 is 0 Å².